The molecule has 0 atom stereocenters. The average Bonchev–Trinajstić information content (AvgIpc) is 2.41. The number of hydrogen-bond acceptors (Lipinski definition) is 2. The molecule has 0 fully saturated rings. The monoisotopic (exact) mass is 445 g/mol. The first-order valence-corrected chi connectivity index (χ1v) is 7.45. The molecule has 0 saturated carbocycles. The van der Waals surface area contributed by atoms with Crippen molar-refractivity contribution in [2.75, 3.05) is 5.32 Å². The summed E-state index contributed by atoms with van der Waals surface area (Å²) in [6.45, 7) is 0. The fourth-order valence-corrected chi connectivity index (χ4v) is 2.69. The molecule has 0 aromatic heterocycles. The van der Waals surface area contributed by atoms with Gasteiger partial charge in [-0.15, -0.1) is 0 Å². The van der Waals surface area contributed by atoms with Crippen molar-refractivity contribution in [3.05, 3.63) is 61.6 Å². The molecule has 0 aliphatic rings. The lowest BCUT2D eigenvalue weighted by molar-refractivity contribution is 0.0696. The number of aromatic carboxylic acids is 1. The number of carboxylic acid groups (broad SMARTS) is 1. The Morgan fingerprint density at radius 2 is 1.85 bits per heavy atom. The third-order valence-electron chi connectivity index (χ3n) is 2.58. The molecule has 0 saturated heterocycles. The minimum absolute atomic E-state index is 0.157. The molecule has 0 aliphatic carbocycles. The summed E-state index contributed by atoms with van der Waals surface area (Å²) in [4.78, 5) is 23.0. The smallest absolute Gasteiger partial charge is 0.335 e. The van der Waals surface area contributed by atoms with E-state index in [-0.39, 0.29) is 11.5 Å². The summed E-state index contributed by atoms with van der Waals surface area (Å²) >= 11 is 5.35. The molecule has 1 amide bonds. The normalized spacial score (nSPS) is 10.1. The Bertz CT molecular complexity index is 688. The number of anilines is 1. The number of carboxylic acids is 1. The van der Waals surface area contributed by atoms with E-state index < -0.39 is 5.97 Å². The Hall–Kier alpha value is -1.41. The van der Waals surface area contributed by atoms with E-state index in [0.29, 0.717) is 15.7 Å². The van der Waals surface area contributed by atoms with E-state index in [4.69, 9.17) is 5.11 Å². The summed E-state index contributed by atoms with van der Waals surface area (Å²) in [6.07, 6.45) is 0. The zero-order valence-corrected chi connectivity index (χ0v) is 13.8. The fourth-order valence-electron chi connectivity index (χ4n) is 1.58. The second-order valence-electron chi connectivity index (χ2n) is 3.93. The Kier molecular flexibility index (Phi) is 4.77. The lowest BCUT2D eigenvalue weighted by atomic mass is 10.2. The number of hydrogen-bond donors (Lipinski definition) is 2. The third kappa shape index (κ3) is 3.37. The number of amides is 1. The predicted octanol–water partition coefficient (Wildman–Crippen LogP) is 4.00. The van der Waals surface area contributed by atoms with Crippen molar-refractivity contribution in [3.63, 3.8) is 0 Å². The first kappa shape index (κ1) is 15.0. The number of carbonyl (C=O) groups is 2. The maximum Gasteiger partial charge on any atom is 0.335 e. The number of rotatable bonds is 3. The highest BCUT2D eigenvalue weighted by molar-refractivity contribution is 14.1. The van der Waals surface area contributed by atoms with Gasteiger partial charge in [0.25, 0.3) is 5.91 Å². The van der Waals surface area contributed by atoms with Crippen LogP contribution < -0.4 is 5.32 Å². The van der Waals surface area contributed by atoms with Crippen LogP contribution in [-0.4, -0.2) is 17.0 Å². The van der Waals surface area contributed by atoms with Crippen molar-refractivity contribution in [1.82, 2.24) is 0 Å². The molecule has 2 N–H and O–H groups in total. The summed E-state index contributed by atoms with van der Waals surface area (Å²) in [7, 11) is 0. The molecule has 6 heteroatoms. The van der Waals surface area contributed by atoms with E-state index in [1.165, 1.54) is 12.1 Å². The maximum absolute atomic E-state index is 12.2. The van der Waals surface area contributed by atoms with Crippen molar-refractivity contribution in [2.24, 2.45) is 0 Å². The van der Waals surface area contributed by atoms with Gasteiger partial charge in [-0.3, -0.25) is 4.79 Å². The summed E-state index contributed by atoms with van der Waals surface area (Å²) in [5, 5.41) is 11.6. The van der Waals surface area contributed by atoms with Crippen LogP contribution in [0.4, 0.5) is 5.69 Å². The van der Waals surface area contributed by atoms with Gasteiger partial charge in [0, 0.05) is 8.04 Å². The molecular formula is C14H9BrINO3. The standard InChI is InChI=1S/C14H9BrINO3/c15-10-7-8(14(19)20)5-6-12(10)17-13(18)9-3-1-2-4-11(9)16/h1-7H,(H,17,18)(H,19,20). The topological polar surface area (TPSA) is 66.4 Å². The van der Waals surface area contributed by atoms with Gasteiger partial charge in [-0.2, -0.15) is 0 Å². The molecule has 20 heavy (non-hydrogen) atoms. The Balaban J connectivity index is 2.25. The van der Waals surface area contributed by atoms with Crippen LogP contribution in [0, 0.1) is 3.57 Å². The van der Waals surface area contributed by atoms with E-state index in [1.54, 1.807) is 18.2 Å². The van der Waals surface area contributed by atoms with Crippen molar-refractivity contribution in [3.8, 4) is 0 Å². The molecule has 0 bridgehead atoms. The Morgan fingerprint density at radius 1 is 1.15 bits per heavy atom. The fraction of sp³-hybridized carbons (Fsp3) is 0. The molecule has 0 aliphatic heterocycles. The lowest BCUT2D eigenvalue weighted by Gasteiger charge is -2.09. The molecule has 0 radical (unpaired) electrons. The largest absolute Gasteiger partial charge is 0.478 e. The van der Waals surface area contributed by atoms with Crippen LogP contribution in [0.1, 0.15) is 20.7 Å². The number of benzene rings is 2. The van der Waals surface area contributed by atoms with Gasteiger partial charge in [-0.25, -0.2) is 4.79 Å². The van der Waals surface area contributed by atoms with Gasteiger partial charge in [0.15, 0.2) is 0 Å². The molecule has 2 aromatic carbocycles. The van der Waals surface area contributed by atoms with Crippen molar-refractivity contribution in [2.45, 2.75) is 0 Å². The van der Waals surface area contributed by atoms with E-state index in [9.17, 15) is 9.59 Å². The summed E-state index contributed by atoms with van der Waals surface area (Å²) in [6, 6.07) is 11.7. The van der Waals surface area contributed by atoms with Gasteiger partial charge in [0.2, 0.25) is 0 Å². The van der Waals surface area contributed by atoms with E-state index in [2.05, 4.69) is 43.8 Å². The van der Waals surface area contributed by atoms with Gasteiger partial charge in [-0.05, 0) is 68.9 Å². The Morgan fingerprint density at radius 3 is 2.45 bits per heavy atom. The lowest BCUT2D eigenvalue weighted by Crippen LogP contribution is -2.14. The molecule has 0 spiro atoms. The van der Waals surface area contributed by atoms with Gasteiger partial charge in [0.05, 0.1) is 16.8 Å². The summed E-state index contributed by atoms with van der Waals surface area (Å²) in [5.41, 5.74) is 1.26. The summed E-state index contributed by atoms with van der Waals surface area (Å²) < 4.78 is 1.37. The van der Waals surface area contributed by atoms with Crippen LogP contribution in [0.5, 0.6) is 0 Å². The molecule has 2 rings (SSSR count). The zero-order chi connectivity index (χ0) is 14.7. The van der Waals surface area contributed by atoms with Crippen molar-refractivity contribution in [1.29, 1.82) is 0 Å². The SMILES string of the molecule is O=C(O)c1ccc(NC(=O)c2ccccc2I)c(Br)c1. The number of nitrogens with one attached hydrogen (secondary N) is 1. The number of carbonyl (C=O) groups excluding carboxylic acids is 1. The molecule has 2 aromatic rings. The van der Waals surface area contributed by atoms with E-state index >= 15 is 0 Å². The Labute approximate surface area is 137 Å². The summed E-state index contributed by atoms with van der Waals surface area (Å²) in [5.74, 6) is -1.25. The van der Waals surface area contributed by atoms with Crippen LogP contribution in [0.15, 0.2) is 46.9 Å². The maximum atomic E-state index is 12.2. The van der Waals surface area contributed by atoms with E-state index in [0.717, 1.165) is 3.57 Å². The van der Waals surface area contributed by atoms with Crippen molar-refractivity contribution < 1.29 is 14.7 Å². The van der Waals surface area contributed by atoms with Crippen LogP contribution in [-0.2, 0) is 0 Å². The molecule has 0 unspecified atom stereocenters. The van der Waals surface area contributed by atoms with Gasteiger partial charge < -0.3 is 10.4 Å². The quantitative estimate of drug-likeness (QED) is 0.701. The van der Waals surface area contributed by atoms with Crippen LogP contribution in [0.2, 0.25) is 0 Å². The molecular weight excluding hydrogens is 437 g/mol. The van der Waals surface area contributed by atoms with Gasteiger partial charge in [-0.1, -0.05) is 12.1 Å². The second-order valence-corrected chi connectivity index (χ2v) is 5.95. The highest BCUT2D eigenvalue weighted by Gasteiger charge is 2.12. The minimum atomic E-state index is -1.01. The second kappa shape index (κ2) is 6.36. The highest BCUT2D eigenvalue weighted by atomic mass is 127. The highest BCUT2D eigenvalue weighted by Crippen LogP contribution is 2.25. The average molecular weight is 446 g/mol. The third-order valence-corrected chi connectivity index (χ3v) is 4.18. The zero-order valence-electron chi connectivity index (χ0n) is 10.1. The minimum Gasteiger partial charge on any atom is -0.478 e. The first-order chi connectivity index (χ1) is 9.49. The predicted molar refractivity (Wildman–Crippen MR) is 88.2 cm³/mol. The first-order valence-electron chi connectivity index (χ1n) is 5.58. The number of halogens is 2. The van der Waals surface area contributed by atoms with Crippen LogP contribution in [0.25, 0.3) is 0 Å². The van der Waals surface area contributed by atoms with Crippen LogP contribution >= 0.6 is 38.5 Å². The van der Waals surface area contributed by atoms with Gasteiger partial charge in [0.1, 0.15) is 0 Å². The molecule has 4 nitrogen and oxygen atoms in total. The molecule has 0 heterocycles. The van der Waals surface area contributed by atoms with Crippen LogP contribution in [0.3, 0.4) is 0 Å². The molecule has 102 valence electrons. The van der Waals surface area contributed by atoms with E-state index in [1.807, 2.05) is 12.1 Å². The van der Waals surface area contributed by atoms with Gasteiger partial charge >= 0.3 is 5.97 Å². The van der Waals surface area contributed by atoms with Crippen molar-refractivity contribution >= 4 is 56.1 Å².